The van der Waals surface area contributed by atoms with Gasteiger partial charge in [0.25, 0.3) is 11.8 Å². The van der Waals surface area contributed by atoms with Crippen molar-refractivity contribution in [3.63, 3.8) is 0 Å². The van der Waals surface area contributed by atoms with E-state index in [1.165, 1.54) is 13.1 Å². The molecule has 0 aromatic carbocycles. The summed E-state index contributed by atoms with van der Waals surface area (Å²) in [6, 6.07) is 3.33. The summed E-state index contributed by atoms with van der Waals surface area (Å²) in [5, 5.41) is 6.72. The number of hydrogen-bond donors (Lipinski definition) is 2. The molecule has 0 bridgehead atoms. The molecule has 1 saturated carbocycles. The molecule has 0 radical (unpaired) electrons. The van der Waals surface area contributed by atoms with E-state index in [4.69, 9.17) is 5.73 Å². The van der Waals surface area contributed by atoms with Crippen molar-refractivity contribution in [1.82, 2.24) is 14.9 Å². The van der Waals surface area contributed by atoms with Crippen LogP contribution in [0.25, 0.3) is 5.52 Å². The Labute approximate surface area is 120 Å². The molecule has 7 heteroatoms. The number of nitrogens with two attached hydrogens (primary N) is 1. The minimum absolute atomic E-state index is 0.108. The molecule has 3 N–H and O–H groups in total. The molecule has 21 heavy (non-hydrogen) atoms. The SMILES string of the molecule is CC1(CCNC(=O)c2cnn3ccc(N)cc23)CC1(F)F. The maximum Gasteiger partial charge on any atom is 0.255 e. The summed E-state index contributed by atoms with van der Waals surface area (Å²) in [7, 11) is 0. The fourth-order valence-electron chi connectivity index (χ4n) is 2.44. The third-order valence-corrected chi connectivity index (χ3v) is 4.12. The lowest BCUT2D eigenvalue weighted by Gasteiger charge is -2.10. The smallest absolute Gasteiger partial charge is 0.255 e. The Hall–Kier alpha value is -2.18. The predicted molar refractivity (Wildman–Crippen MR) is 74.2 cm³/mol. The zero-order valence-corrected chi connectivity index (χ0v) is 11.6. The first-order valence-corrected chi connectivity index (χ1v) is 6.71. The Morgan fingerprint density at radius 1 is 1.57 bits per heavy atom. The van der Waals surface area contributed by atoms with Crippen LogP contribution in [0.4, 0.5) is 14.5 Å². The minimum atomic E-state index is -2.60. The van der Waals surface area contributed by atoms with Gasteiger partial charge in [0.1, 0.15) is 0 Å². The van der Waals surface area contributed by atoms with Gasteiger partial charge in [0.2, 0.25) is 0 Å². The van der Waals surface area contributed by atoms with Crippen LogP contribution in [0.2, 0.25) is 0 Å². The number of aromatic nitrogens is 2. The van der Waals surface area contributed by atoms with Crippen molar-refractivity contribution in [2.75, 3.05) is 12.3 Å². The van der Waals surface area contributed by atoms with Gasteiger partial charge in [-0.2, -0.15) is 5.10 Å². The van der Waals surface area contributed by atoms with Gasteiger partial charge < -0.3 is 11.1 Å². The Bertz CT molecular complexity index is 712. The summed E-state index contributed by atoms with van der Waals surface area (Å²) in [5.41, 5.74) is 6.22. The van der Waals surface area contributed by atoms with Crippen molar-refractivity contribution in [2.45, 2.75) is 25.7 Å². The van der Waals surface area contributed by atoms with Gasteiger partial charge in [-0.3, -0.25) is 4.79 Å². The monoisotopic (exact) mass is 294 g/mol. The van der Waals surface area contributed by atoms with E-state index < -0.39 is 11.3 Å². The highest BCUT2D eigenvalue weighted by Crippen LogP contribution is 2.62. The van der Waals surface area contributed by atoms with Crippen LogP contribution in [-0.2, 0) is 0 Å². The number of fused-ring (bicyclic) bond motifs is 1. The van der Waals surface area contributed by atoms with E-state index in [1.807, 2.05) is 0 Å². The van der Waals surface area contributed by atoms with Crippen LogP contribution in [0, 0.1) is 5.41 Å². The van der Waals surface area contributed by atoms with E-state index in [0.717, 1.165) is 0 Å². The number of hydrogen-bond acceptors (Lipinski definition) is 3. The molecular formula is C14H16F2N4O. The lowest BCUT2D eigenvalue weighted by molar-refractivity contribution is 0.0661. The maximum atomic E-state index is 13.1. The van der Waals surface area contributed by atoms with Crippen LogP contribution in [0.15, 0.2) is 24.5 Å². The third kappa shape index (κ3) is 2.32. The highest BCUT2D eigenvalue weighted by molar-refractivity contribution is 6.00. The zero-order valence-electron chi connectivity index (χ0n) is 11.6. The number of nitrogens with zero attached hydrogens (tertiary/aromatic N) is 2. The topological polar surface area (TPSA) is 72.4 Å². The number of amides is 1. The first kappa shape index (κ1) is 13.8. The quantitative estimate of drug-likeness (QED) is 0.907. The molecule has 1 atom stereocenters. The Kier molecular flexibility index (Phi) is 2.89. The number of nitrogen functional groups attached to an aromatic ring is 1. The Morgan fingerprint density at radius 3 is 2.95 bits per heavy atom. The van der Waals surface area contributed by atoms with E-state index in [0.29, 0.717) is 16.8 Å². The van der Waals surface area contributed by atoms with E-state index in [9.17, 15) is 13.6 Å². The third-order valence-electron chi connectivity index (χ3n) is 4.12. The molecule has 1 fully saturated rings. The molecule has 0 saturated heterocycles. The molecule has 1 aliphatic rings. The number of nitrogens with one attached hydrogen (secondary N) is 1. The van der Waals surface area contributed by atoms with Crippen molar-refractivity contribution in [3.8, 4) is 0 Å². The Balaban J connectivity index is 1.66. The largest absolute Gasteiger partial charge is 0.399 e. The molecule has 1 unspecified atom stereocenters. The van der Waals surface area contributed by atoms with Gasteiger partial charge in [0, 0.05) is 30.3 Å². The van der Waals surface area contributed by atoms with Gasteiger partial charge >= 0.3 is 0 Å². The van der Waals surface area contributed by atoms with Crippen molar-refractivity contribution in [2.24, 2.45) is 5.41 Å². The first-order chi connectivity index (χ1) is 9.82. The standard InChI is InChI=1S/C14H16F2N4O/c1-13(8-14(13,15)16)3-4-18-12(21)10-7-19-20-5-2-9(17)6-11(10)20/h2,5-7H,3-4,8,17H2,1H3,(H,18,21). The van der Waals surface area contributed by atoms with Crippen LogP contribution in [-0.4, -0.2) is 28.0 Å². The molecule has 2 aromatic heterocycles. The molecule has 112 valence electrons. The first-order valence-electron chi connectivity index (χ1n) is 6.71. The van der Waals surface area contributed by atoms with Crippen LogP contribution in [0.1, 0.15) is 30.1 Å². The lowest BCUT2D eigenvalue weighted by atomic mass is 10.1. The van der Waals surface area contributed by atoms with E-state index in [1.54, 1.807) is 22.8 Å². The molecule has 5 nitrogen and oxygen atoms in total. The van der Waals surface area contributed by atoms with Gasteiger partial charge in [-0.15, -0.1) is 0 Å². The summed E-state index contributed by atoms with van der Waals surface area (Å²) in [6.45, 7) is 1.75. The van der Waals surface area contributed by atoms with Crippen molar-refractivity contribution in [1.29, 1.82) is 0 Å². The number of carbonyl (C=O) groups excluding carboxylic acids is 1. The summed E-state index contributed by atoms with van der Waals surface area (Å²) >= 11 is 0. The second kappa shape index (κ2) is 4.41. The van der Waals surface area contributed by atoms with Gasteiger partial charge in [-0.25, -0.2) is 13.3 Å². The minimum Gasteiger partial charge on any atom is -0.399 e. The molecule has 2 heterocycles. The van der Waals surface area contributed by atoms with Gasteiger partial charge in [-0.1, -0.05) is 6.92 Å². The normalized spacial score (nSPS) is 23.2. The molecule has 0 aliphatic heterocycles. The molecule has 2 aromatic rings. The van der Waals surface area contributed by atoms with Gasteiger partial charge in [0.05, 0.1) is 17.3 Å². The molecular weight excluding hydrogens is 278 g/mol. The van der Waals surface area contributed by atoms with Gasteiger partial charge in [-0.05, 0) is 18.6 Å². The lowest BCUT2D eigenvalue weighted by Crippen LogP contribution is -2.26. The molecule has 1 amide bonds. The predicted octanol–water partition coefficient (Wildman–Crippen LogP) is 2.08. The van der Waals surface area contributed by atoms with E-state index in [-0.39, 0.29) is 25.3 Å². The summed E-state index contributed by atoms with van der Waals surface area (Å²) in [4.78, 5) is 12.1. The fourth-order valence-corrected chi connectivity index (χ4v) is 2.44. The second-order valence-corrected chi connectivity index (χ2v) is 5.80. The number of anilines is 1. The number of alkyl halides is 2. The van der Waals surface area contributed by atoms with E-state index >= 15 is 0 Å². The van der Waals surface area contributed by atoms with Gasteiger partial charge in [0.15, 0.2) is 0 Å². The number of rotatable bonds is 4. The molecule has 1 aliphatic carbocycles. The van der Waals surface area contributed by atoms with Crippen LogP contribution >= 0.6 is 0 Å². The fraction of sp³-hybridized carbons (Fsp3) is 0.429. The number of halogens is 2. The van der Waals surface area contributed by atoms with Crippen molar-refractivity contribution < 1.29 is 13.6 Å². The average molecular weight is 294 g/mol. The van der Waals surface area contributed by atoms with E-state index in [2.05, 4.69) is 10.4 Å². The summed E-state index contributed by atoms with van der Waals surface area (Å²) in [6.07, 6.45) is 3.25. The zero-order chi connectivity index (χ0) is 15.3. The van der Waals surface area contributed by atoms with Crippen LogP contribution < -0.4 is 11.1 Å². The second-order valence-electron chi connectivity index (χ2n) is 5.80. The van der Waals surface area contributed by atoms with Crippen molar-refractivity contribution in [3.05, 3.63) is 30.1 Å². The highest BCUT2D eigenvalue weighted by atomic mass is 19.3. The number of pyridine rings is 1. The van der Waals surface area contributed by atoms with Crippen LogP contribution in [0.5, 0.6) is 0 Å². The maximum absolute atomic E-state index is 13.1. The van der Waals surface area contributed by atoms with Crippen LogP contribution in [0.3, 0.4) is 0 Å². The Morgan fingerprint density at radius 2 is 2.29 bits per heavy atom. The highest BCUT2D eigenvalue weighted by Gasteiger charge is 2.66. The average Bonchev–Trinajstić information content (AvgIpc) is 2.74. The summed E-state index contributed by atoms with van der Waals surface area (Å²) < 4.78 is 27.7. The summed E-state index contributed by atoms with van der Waals surface area (Å²) in [5.74, 6) is -2.93. The van der Waals surface area contributed by atoms with Crippen molar-refractivity contribution >= 4 is 17.1 Å². The number of carbonyl (C=O) groups is 1. The molecule has 0 spiro atoms. The molecule has 3 rings (SSSR count).